The second kappa shape index (κ2) is 18.7. The van der Waals surface area contributed by atoms with E-state index < -0.39 is 0 Å². The summed E-state index contributed by atoms with van der Waals surface area (Å²) in [5.41, 5.74) is 8.59. The average Bonchev–Trinajstić information content (AvgIpc) is 2.73. The van der Waals surface area contributed by atoms with Gasteiger partial charge in [-0.2, -0.15) is 0 Å². The van der Waals surface area contributed by atoms with Crippen LogP contribution in [-0.2, 0) is 16.0 Å². The number of halogens is 1. The summed E-state index contributed by atoms with van der Waals surface area (Å²) in [6, 6.07) is 7.59. The fraction of sp³-hybridized carbons (Fsp3) is 0.440. The number of Topliss-reactive ketones (excluding diaryl/α,β-unsaturated/α-hetero) is 1. The zero-order chi connectivity index (χ0) is 23.5. The maximum absolute atomic E-state index is 10.7. The molecule has 0 aromatic heterocycles. The van der Waals surface area contributed by atoms with Gasteiger partial charge in [0.2, 0.25) is 0 Å². The third-order valence-corrected chi connectivity index (χ3v) is 3.91. The number of benzene rings is 1. The van der Waals surface area contributed by atoms with E-state index in [9.17, 15) is 4.79 Å². The van der Waals surface area contributed by atoms with Crippen molar-refractivity contribution in [3.8, 4) is 0 Å². The molecule has 0 amide bonds. The molecule has 1 rings (SSSR count). The predicted octanol–water partition coefficient (Wildman–Crippen LogP) is 7.03. The highest BCUT2D eigenvalue weighted by atomic mass is 35.5. The SMILES string of the molecule is C/C=C\C(=C/C)C(=N)/C(OCCC)=C(/C)N.CC.CC(=O)CCc1ccc(Cl)cc1. The summed E-state index contributed by atoms with van der Waals surface area (Å²) in [5, 5.41) is 8.77. The lowest BCUT2D eigenvalue weighted by Crippen LogP contribution is -2.13. The first-order valence-corrected chi connectivity index (χ1v) is 10.9. The van der Waals surface area contributed by atoms with Crippen LogP contribution >= 0.6 is 11.6 Å². The Labute approximate surface area is 188 Å². The minimum absolute atomic E-state index is 0.227. The van der Waals surface area contributed by atoms with Gasteiger partial charge < -0.3 is 15.3 Å². The highest BCUT2D eigenvalue weighted by molar-refractivity contribution is 6.30. The number of carbonyl (C=O) groups is 1. The summed E-state index contributed by atoms with van der Waals surface area (Å²) in [7, 11) is 0. The Morgan fingerprint density at radius 1 is 1.17 bits per heavy atom. The lowest BCUT2D eigenvalue weighted by atomic mass is 10.1. The molecule has 0 aliphatic rings. The smallest absolute Gasteiger partial charge is 0.163 e. The van der Waals surface area contributed by atoms with Gasteiger partial charge in [-0.25, -0.2) is 0 Å². The van der Waals surface area contributed by atoms with Crippen LogP contribution in [0.5, 0.6) is 0 Å². The van der Waals surface area contributed by atoms with Gasteiger partial charge >= 0.3 is 0 Å². The van der Waals surface area contributed by atoms with Crippen LogP contribution in [-0.4, -0.2) is 18.1 Å². The van der Waals surface area contributed by atoms with Crippen molar-refractivity contribution in [2.45, 2.75) is 67.7 Å². The predicted molar refractivity (Wildman–Crippen MR) is 131 cm³/mol. The van der Waals surface area contributed by atoms with E-state index >= 15 is 0 Å². The molecule has 5 heteroatoms. The minimum atomic E-state index is 0.227. The molecule has 168 valence electrons. The number of hydrogen-bond donors (Lipinski definition) is 2. The Morgan fingerprint density at radius 3 is 2.13 bits per heavy atom. The van der Waals surface area contributed by atoms with Gasteiger partial charge in [0.25, 0.3) is 0 Å². The third kappa shape index (κ3) is 13.8. The number of nitrogens with two attached hydrogens (primary N) is 1. The van der Waals surface area contributed by atoms with Crippen molar-refractivity contribution in [3.05, 3.63) is 70.1 Å². The Kier molecular flexibility index (Phi) is 18.6. The summed E-state index contributed by atoms with van der Waals surface area (Å²) in [6.45, 7) is 13.8. The highest BCUT2D eigenvalue weighted by Crippen LogP contribution is 2.13. The van der Waals surface area contributed by atoms with Gasteiger partial charge in [0.05, 0.1) is 6.61 Å². The lowest BCUT2D eigenvalue weighted by Gasteiger charge is -2.13. The molecule has 0 saturated carbocycles. The van der Waals surface area contributed by atoms with Gasteiger partial charge in [-0.05, 0) is 63.8 Å². The molecular formula is C25H39ClN2O2. The van der Waals surface area contributed by atoms with Gasteiger partial charge in [0.15, 0.2) is 5.76 Å². The summed E-state index contributed by atoms with van der Waals surface area (Å²) in [4.78, 5) is 10.7. The minimum Gasteiger partial charge on any atom is -0.490 e. The van der Waals surface area contributed by atoms with Crippen LogP contribution in [0.4, 0.5) is 0 Å². The second-order valence-electron chi connectivity index (χ2n) is 6.31. The molecule has 0 radical (unpaired) electrons. The Hall–Kier alpha value is -2.33. The van der Waals surface area contributed by atoms with E-state index in [0.29, 0.717) is 30.2 Å². The molecule has 3 N–H and O–H groups in total. The largest absolute Gasteiger partial charge is 0.490 e. The number of ether oxygens (including phenoxy) is 1. The standard InChI is InChI=1S/C13H22N2O.C10H11ClO.C2H6/c1-5-8-11(7-3)12(15)13(10(4)14)16-9-6-2;1-8(12)2-3-9-4-6-10(11)7-5-9;1-2/h5,7-8,15H,6,9,14H2,1-4H3;4-7H,2-3H2,1H3;1-2H3/b8-5-,11-7+,13-10+,15-12?;;. The van der Waals surface area contributed by atoms with Crippen molar-refractivity contribution in [3.63, 3.8) is 0 Å². The van der Waals surface area contributed by atoms with Gasteiger partial charge in [-0.15, -0.1) is 0 Å². The summed E-state index contributed by atoms with van der Waals surface area (Å²) in [5.74, 6) is 0.706. The number of hydrogen-bond acceptors (Lipinski definition) is 4. The molecule has 30 heavy (non-hydrogen) atoms. The Bertz CT molecular complexity index is 713. The van der Waals surface area contributed by atoms with Crippen molar-refractivity contribution in [2.75, 3.05) is 6.61 Å². The van der Waals surface area contributed by atoms with Crippen molar-refractivity contribution in [2.24, 2.45) is 5.73 Å². The van der Waals surface area contributed by atoms with E-state index in [-0.39, 0.29) is 5.78 Å². The number of allylic oxidation sites excluding steroid dienone is 5. The quantitative estimate of drug-likeness (QED) is 0.248. The van der Waals surface area contributed by atoms with Crippen molar-refractivity contribution in [1.82, 2.24) is 0 Å². The van der Waals surface area contributed by atoms with E-state index in [0.717, 1.165) is 29.0 Å². The van der Waals surface area contributed by atoms with Gasteiger partial charge in [0.1, 0.15) is 11.5 Å². The topological polar surface area (TPSA) is 76.2 Å². The first-order valence-electron chi connectivity index (χ1n) is 10.5. The Morgan fingerprint density at radius 2 is 1.73 bits per heavy atom. The van der Waals surface area contributed by atoms with E-state index in [4.69, 9.17) is 27.5 Å². The molecule has 0 bridgehead atoms. The zero-order valence-corrected chi connectivity index (χ0v) is 20.4. The first kappa shape index (κ1) is 29.9. The van der Waals surface area contributed by atoms with E-state index in [1.165, 1.54) is 0 Å². The molecule has 0 heterocycles. The first-order chi connectivity index (χ1) is 14.3. The maximum atomic E-state index is 10.7. The summed E-state index contributed by atoms with van der Waals surface area (Å²) < 4.78 is 5.50. The molecule has 0 aliphatic heterocycles. The molecule has 0 saturated heterocycles. The molecule has 0 unspecified atom stereocenters. The van der Waals surface area contributed by atoms with Crippen LogP contribution < -0.4 is 5.73 Å². The molecule has 0 aliphatic carbocycles. The average molecular weight is 435 g/mol. The fourth-order valence-electron chi connectivity index (χ4n) is 2.19. The summed E-state index contributed by atoms with van der Waals surface area (Å²) in [6.07, 6.45) is 7.97. The van der Waals surface area contributed by atoms with Gasteiger partial charge in [-0.1, -0.05) is 62.7 Å². The normalized spacial score (nSPS) is 11.5. The molecule has 0 spiro atoms. The van der Waals surface area contributed by atoms with Crippen molar-refractivity contribution in [1.29, 1.82) is 5.41 Å². The lowest BCUT2D eigenvalue weighted by molar-refractivity contribution is -0.116. The van der Waals surface area contributed by atoms with E-state index in [1.807, 2.05) is 77.1 Å². The number of rotatable bonds is 9. The van der Waals surface area contributed by atoms with Crippen LogP contribution in [0.25, 0.3) is 0 Å². The molecule has 1 aromatic carbocycles. The molecule has 4 nitrogen and oxygen atoms in total. The fourth-order valence-corrected chi connectivity index (χ4v) is 2.32. The van der Waals surface area contributed by atoms with E-state index in [1.54, 1.807) is 13.8 Å². The van der Waals surface area contributed by atoms with Crippen molar-refractivity contribution < 1.29 is 9.53 Å². The number of ketones is 1. The van der Waals surface area contributed by atoms with E-state index in [2.05, 4.69) is 0 Å². The van der Waals surface area contributed by atoms with Gasteiger partial charge in [0, 0.05) is 17.1 Å². The van der Waals surface area contributed by atoms with Crippen molar-refractivity contribution >= 4 is 23.1 Å². The van der Waals surface area contributed by atoms with Crippen LogP contribution in [0.1, 0.15) is 66.9 Å². The Balaban J connectivity index is 0. The maximum Gasteiger partial charge on any atom is 0.163 e. The van der Waals surface area contributed by atoms with Gasteiger partial charge in [-0.3, -0.25) is 5.41 Å². The molecular weight excluding hydrogens is 396 g/mol. The number of nitrogens with one attached hydrogen (secondary N) is 1. The second-order valence-corrected chi connectivity index (χ2v) is 6.74. The number of carbonyl (C=O) groups excluding carboxylic acids is 1. The monoisotopic (exact) mass is 434 g/mol. The zero-order valence-electron chi connectivity index (χ0n) is 19.6. The highest BCUT2D eigenvalue weighted by Gasteiger charge is 2.11. The van der Waals surface area contributed by atoms with Crippen LogP contribution in [0.3, 0.4) is 0 Å². The molecule has 1 aromatic rings. The van der Waals surface area contributed by atoms with Crippen LogP contribution in [0.15, 0.2) is 59.5 Å². The number of aryl methyl sites for hydroxylation is 1. The summed E-state index contributed by atoms with van der Waals surface area (Å²) >= 11 is 5.71. The molecule has 0 atom stereocenters. The third-order valence-electron chi connectivity index (χ3n) is 3.66. The van der Waals surface area contributed by atoms with Crippen LogP contribution in [0, 0.1) is 5.41 Å². The molecule has 0 fully saturated rings. The van der Waals surface area contributed by atoms with Crippen LogP contribution in [0.2, 0.25) is 5.02 Å².